The van der Waals surface area contributed by atoms with Crippen molar-refractivity contribution < 1.29 is 42.1 Å². The van der Waals surface area contributed by atoms with E-state index in [0.717, 1.165) is 35.9 Å². The first-order valence-electron chi connectivity index (χ1n) is 15.0. The summed E-state index contributed by atoms with van der Waals surface area (Å²) in [6.45, 7) is 1.27. The summed E-state index contributed by atoms with van der Waals surface area (Å²) in [6, 6.07) is 13.1. The second-order valence-corrected chi connectivity index (χ2v) is 11.2. The van der Waals surface area contributed by atoms with Gasteiger partial charge in [-0.1, -0.05) is 0 Å². The Kier molecular flexibility index (Phi) is 9.16. The minimum Gasteiger partial charge on any atom is -0.493 e. The van der Waals surface area contributed by atoms with E-state index in [-0.39, 0.29) is 29.6 Å². The Bertz CT molecular complexity index is 1810. The number of fused-ring (bicyclic) bond motifs is 1. The Hall–Kier alpha value is -5.30. The number of carbonyl (C=O) groups excluding carboxylic acids is 3. The molecule has 11 nitrogen and oxygen atoms in total. The number of carbonyl (C=O) groups is 3. The molecule has 0 aliphatic carbocycles. The number of nitrogens with one attached hydrogen (secondary N) is 1. The zero-order valence-electron chi connectivity index (χ0n) is 25.7. The van der Waals surface area contributed by atoms with Gasteiger partial charge in [-0.3, -0.25) is 14.6 Å². The summed E-state index contributed by atoms with van der Waals surface area (Å²) >= 11 is 0. The summed E-state index contributed by atoms with van der Waals surface area (Å²) in [5.74, 6) is -2.85. The van der Waals surface area contributed by atoms with Gasteiger partial charge in [-0.2, -0.15) is 0 Å². The molecule has 0 saturated carbocycles. The van der Waals surface area contributed by atoms with Gasteiger partial charge in [0.2, 0.25) is 11.8 Å². The number of methoxy groups -OCH3 is 2. The highest BCUT2D eigenvalue weighted by molar-refractivity contribution is 6.23. The minimum absolute atomic E-state index is 0.0832. The molecule has 0 radical (unpaired) electrons. The van der Waals surface area contributed by atoms with Crippen LogP contribution in [0.5, 0.6) is 23.0 Å². The zero-order valence-corrected chi connectivity index (χ0v) is 25.7. The van der Waals surface area contributed by atoms with Crippen molar-refractivity contribution in [3.8, 4) is 23.0 Å². The van der Waals surface area contributed by atoms with Crippen LogP contribution in [0, 0.1) is 23.5 Å². The number of ether oxygens (including phenoxy) is 4. The summed E-state index contributed by atoms with van der Waals surface area (Å²) in [5.41, 5.74) is 0.767. The standard InChI is InChI=1S/C34H32F2N4O7/c1-44-30-16-24-27(17-31(30)45-2)37-12-9-28(24)47-29-8-5-22(15-26(29)36)38-32(41)25-19-39(18-20-10-13-46-14-11-20)34(43)40(33(25)42)23-6-3-21(35)4-7-23/h3-9,12,15-17,20,25H,10-11,13-14,18-19H2,1-2H3,(H,38,41). The average molecular weight is 647 g/mol. The van der Waals surface area contributed by atoms with Gasteiger partial charge in [0.05, 0.1) is 25.4 Å². The number of anilines is 2. The number of hydrogen-bond acceptors (Lipinski definition) is 8. The predicted molar refractivity (Wildman–Crippen MR) is 168 cm³/mol. The normalized spacial score (nSPS) is 17.1. The third-order valence-electron chi connectivity index (χ3n) is 8.23. The Morgan fingerprint density at radius 2 is 1.66 bits per heavy atom. The number of urea groups is 1. The molecule has 13 heteroatoms. The Labute approximate surface area is 269 Å². The average Bonchev–Trinajstić information content (AvgIpc) is 3.08. The molecule has 244 valence electrons. The van der Waals surface area contributed by atoms with Crippen LogP contribution in [0.15, 0.2) is 66.9 Å². The first-order chi connectivity index (χ1) is 22.7. The van der Waals surface area contributed by atoms with Crippen LogP contribution in [0.4, 0.5) is 25.0 Å². The third kappa shape index (κ3) is 6.66. The van der Waals surface area contributed by atoms with Gasteiger partial charge in [0.1, 0.15) is 17.5 Å². The lowest BCUT2D eigenvalue weighted by Crippen LogP contribution is -2.60. The Morgan fingerprint density at radius 1 is 0.936 bits per heavy atom. The second-order valence-electron chi connectivity index (χ2n) is 11.2. The van der Waals surface area contributed by atoms with E-state index in [0.29, 0.717) is 47.9 Å². The monoisotopic (exact) mass is 646 g/mol. The van der Waals surface area contributed by atoms with Crippen LogP contribution in [0.3, 0.4) is 0 Å². The van der Waals surface area contributed by atoms with E-state index in [4.69, 9.17) is 18.9 Å². The number of rotatable bonds is 9. The van der Waals surface area contributed by atoms with Crippen molar-refractivity contribution in [1.82, 2.24) is 9.88 Å². The first-order valence-corrected chi connectivity index (χ1v) is 15.0. The van der Waals surface area contributed by atoms with Gasteiger partial charge in [0.25, 0.3) is 0 Å². The first kappa shape index (κ1) is 31.7. The van der Waals surface area contributed by atoms with E-state index >= 15 is 4.39 Å². The highest BCUT2D eigenvalue weighted by Gasteiger charge is 2.44. The van der Waals surface area contributed by atoms with E-state index in [1.807, 2.05) is 0 Å². The molecule has 1 atom stereocenters. The Morgan fingerprint density at radius 3 is 2.36 bits per heavy atom. The number of hydrogen-bond donors (Lipinski definition) is 1. The summed E-state index contributed by atoms with van der Waals surface area (Å²) in [5, 5.41) is 3.17. The molecule has 47 heavy (non-hydrogen) atoms. The molecule has 3 aromatic carbocycles. The summed E-state index contributed by atoms with van der Waals surface area (Å²) < 4.78 is 51.1. The number of imide groups is 1. The van der Waals surface area contributed by atoms with Crippen molar-refractivity contribution in [3.05, 3.63) is 78.5 Å². The second kappa shape index (κ2) is 13.6. The molecule has 2 aliphatic rings. The quantitative estimate of drug-likeness (QED) is 0.228. The lowest BCUT2D eigenvalue weighted by atomic mass is 9.97. The predicted octanol–water partition coefficient (Wildman–Crippen LogP) is 5.77. The van der Waals surface area contributed by atoms with Crippen LogP contribution in [0.25, 0.3) is 10.9 Å². The topological polar surface area (TPSA) is 120 Å². The van der Waals surface area contributed by atoms with Crippen molar-refractivity contribution in [2.45, 2.75) is 12.8 Å². The van der Waals surface area contributed by atoms with Crippen LogP contribution in [0.2, 0.25) is 0 Å². The number of halogens is 2. The van der Waals surface area contributed by atoms with Gasteiger partial charge in [-0.05, 0) is 67.3 Å². The molecule has 0 spiro atoms. The zero-order chi connectivity index (χ0) is 33.1. The van der Waals surface area contributed by atoms with E-state index < -0.39 is 35.4 Å². The van der Waals surface area contributed by atoms with Crippen molar-refractivity contribution in [2.24, 2.45) is 11.8 Å². The molecule has 4 aromatic rings. The van der Waals surface area contributed by atoms with Crippen molar-refractivity contribution in [2.75, 3.05) is 50.7 Å². The molecule has 1 aromatic heterocycles. The SMILES string of the molecule is COc1cc2nccc(Oc3ccc(NC(=O)C4CN(CC5CCOCC5)C(=O)N(c5ccc(F)cc5)C4=O)cc3F)c2cc1OC. The molecule has 2 aliphatic heterocycles. The van der Waals surface area contributed by atoms with E-state index in [9.17, 15) is 18.8 Å². The van der Waals surface area contributed by atoms with Crippen LogP contribution in [-0.4, -0.2) is 68.3 Å². The smallest absolute Gasteiger partial charge is 0.331 e. The maximum absolute atomic E-state index is 15.4. The molecule has 2 saturated heterocycles. The maximum Gasteiger partial charge on any atom is 0.331 e. The molecule has 2 fully saturated rings. The van der Waals surface area contributed by atoms with E-state index in [1.165, 1.54) is 49.6 Å². The Balaban J connectivity index is 1.22. The van der Waals surface area contributed by atoms with Crippen LogP contribution < -0.4 is 24.4 Å². The van der Waals surface area contributed by atoms with Gasteiger partial charge in [0.15, 0.2) is 23.1 Å². The molecule has 4 amide bonds. The molecular weight excluding hydrogens is 614 g/mol. The van der Waals surface area contributed by atoms with Crippen molar-refractivity contribution >= 4 is 40.1 Å². The number of pyridine rings is 1. The van der Waals surface area contributed by atoms with E-state index in [1.54, 1.807) is 18.2 Å². The fraction of sp³-hybridized carbons (Fsp3) is 0.294. The van der Waals surface area contributed by atoms with Gasteiger partial charge in [0, 0.05) is 55.7 Å². The van der Waals surface area contributed by atoms with Gasteiger partial charge >= 0.3 is 6.03 Å². The van der Waals surface area contributed by atoms with Gasteiger partial charge in [-0.15, -0.1) is 0 Å². The summed E-state index contributed by atoms with van der Waals surface area (Å²) in [7, 11) is 3.00. The molecule has 1 N–H and O–H groups in total. The number of aromatic nitrogens is 1. The molecule has 1 unspecified atom stereocenters. The lowest BCUT2D eigenvalue weighted by molar-refractivity contribution is -0.132. The summed E-state index contributed by atoms with van der Waals surface area (Å²) in [4.78, 5) is 47.3. The van der Waals surface area contributed by atoms with E-state index in [2.05, 4.69) is 10.3 Å². The lowest BCUT2D eigenvalue weighted by Gasteiger charge is -2.39. The number of nitrogens with zero attached hydrogens (tertiary/aromatic N) is 3. The molecule has 3 heterocycles. The third-order valence-corrected chi connectivity index (χ3v) is 8.23. The number of amides is 4. The highest BCUT2D eigenvalue weighted by atomic mass is 19.1. The van der Waals surface area contributed by atoms with Gasteiger partial charge in [-0.25, -0.2) is 18.5 Å². The largest absolute Gasteiger partial charge is 0.493 e. The molecule has 6 rings (SSSR count). The van der Waals surface area contributed by atoms with Crippen LogP contribution >= 0.6 is 0 Å². The van der Waals surface area contributed by atoms with Gasteiger partial charge < -0.3 is 29.2 Å². The molecule has 0 bridgehead atoms. The fourth-order valence-corrected chi connectivity index (χ4v) is 5.73. The number of benzene rings is 3. The van der Waals surface area contributed by atoms with Crippen LogP contribution in [-0.2, 0) is 14.3 Å². The fourth-order valence-electron chi connectivity index (χ4n) is 5.73. The van der Waals surface area contributed by atoms with Crippen molar-refractivity contribution in [1.29, 1.82) is 0 Å². The molecular formula is C34H32F2N4O7. The van der Waals surface area contributed by atoms with Crippen LogP contribution in [0.1, 0.15) is 12.8 Å². The highest BCUT2D eigenvalue weighted by Crippen LogP contribution is 2.38. The van der Waals surface area contributed by atoms with Crippen molar-refractivity contribution in [3.63, 3.8) is 0 Å². The minimum atomic E-state index is -1.30. The summed E-state index contributed by atoms with van der Waals surface area (Å²) in [6.07, 6.45) is 2.98. The maximum atomic E-state index is 15.4.